The summed E-state index contributed by atoms with van der Waals surface area (Å²) in [5.41, 5.74) is 0.589. The quantitative estimate of drug-likeness (QED) is 0.627. The molecule has 0 radical (unpaired) electrons. The van der Waals surface area contributed by atoms with Gasteiger partial charge in [0, 0.05) is 16.8 Å². The number of aromatic nitrogens is 2. The van der Waals surface area contributed by atoms with Crippen LogP contribution in [0.5, 0.6) is 0 Å². The smallest absolute Gasteiger partial charge is 0.320 e. The zero-order valence-corrected chi connectivity index (χ0v) is 12.7. The molecule has 8 heteroatoms. The number of anilines is 2. The topological polar surface area (TPSA) is 51.0 Å². The van der Waals surface area contributed by atoms with Gasteiger partial charge in [0.1, 0.15) is 0 Å². The lowest BCUT2D eigenvalue weighted by atomic mass is 10.3. The molecule has 2 rings (SSSR count). The average Bonchev–Trinajstić information content (AvgIpc) is 2.78. The van der Waals surface area contributed by atoms with E-state index in [-0.39, 0.29) is 6.01 Å². The van der Waals surface area contributed by atoms with Gasteiger partial charge in [0.25, 0.3) is 0 Å². The molecule has 1 heterocycles. The molecule has 0 fully saturated rings. The van der Waals surface area contributed by atoms with Crippen LogP contribution in [0.4, 0.5) is 11.7 Å². The molecule has 96 valence electrons. The van der Waals surface area contributed by atoms with Crippen molar-refractivity contribution in [2.24, 2.45) is 0 Å². The van der Waals surface area contributed by atoms with Crippen LogP contribution in [0.1, 0.15) is 5.89 Å². The summed E-state index contributed by atoms with van der Waals surface area (Å²) in [5, 5.41) is 11.3. The van der Waals surface area contributed by atoms with E-state index < -0.39 is 0 Å². The van der Waals surface area contributed by atoms with Crippen molar-refractivity contribution >= 4 is 62.4 Å². The first-order valence-electron chi connectivity index (χ1n) is 4.90. The maximum Gasteiger partial charge on any atom is 0.320 e. The number of benzene rings is 1. The SMILES string of the molecule is ClCCc1nnc(Nc2ccc(Br)c(Cl)c2Cl)o1. The molecular weight excluding hydrogens is 364 g/mol. The fourth-order valence-electron chi connectivity index (χ4n) is 1.22. The van der Waals surface area contributed by atoms with Crippen LogP contribution < -0.4 is 5.32 Å². The maximum absolute atomic E-state index is 6.08. The lowest BCUT2D eigenvalue weighted by molar-refractivity contribution is 0.516. The van der Waals surface area contributed by atoms with Gasteiger partial charge in [-0.15, -0.1) is 16.7 Å². The lowest BCUT2D eigenvalue weighted by Gasteiger charge is -2.06. The highest BCUT2D eigenvalue weighted by atomic mass is 79.9. The Hall–Kier alpha value is -0.490. The van der Waals surface area contributed by atoms with Crippen LogP contribution >= 0.6 is 50.7 Å². The van der Waals surface area contributed by atoms with Crippen molar-refractivity contribution in [3.63, 3.8) is 0 Å². The van der Waals surface area contributed by atoms with E-state index in [9.17, 15) is 0 Å². The molecule has 0 amide bonds. The van der Waals surface area contributed by atoms with Gasteiger partial charge in [0.05, 0.1) is 15.7 Å². The van der Waals surface area contributed by atoms with E-state index in [0.29, 0.717) is 38.4 Å². The Balaban J connectivity index is 2.20. The van der Waals surface area contributed by atoms with E-state index in [1.165, 1.54) is 0 Å². The molecule has 0 aliphatic heterocycles. The van der Waals surface area contributed by atoms with Crippen LogP contribution in [0.25, 0.3) is 0 Å². The highest BCUT2D eigenvalue weighted by Gasteiger charge is 2.11. The molecule has 18 heavy (non-hydrogen) atoms. The highest BCUT2D eigenvalue weighted by Crippen LogP contribution is 2.36. The first-order chi connectivity index (χ1) is 8.61. The number of alkyl halides is 1. The predicted molar refractivity (Wildman–Crippen MR) is 76.2 cm³/mol. The molecule has 0 spiro atoms. The summed E-state index contributed by atoms with van der Waals surface area (Å²) in [5.74, 6) is 0.888. The van der Waals surface area contributed by atoms with Crippen LogP contribution in [0.2, 0.25) is 10.0 Å². The minimum absolute atomic E-state index is 0.246. The van der Waals surface area contributed by atoms with Crippen molar-refractivity contribution in [1.29, 1.82) is 0 Å². The monoisotopic (exact) mass is 369 g/mol. The minimum Gasteiger partial charge on any atom is -0.408 e. The highest BCUT2D eigenvalue weighted by molar-refractivity contribution is 9.10. The van der Waals surface area contributed by atoms with Crippen LogP contribution in [-0.2, 0) is 6.42 Å². The van der Waals surface area contributed by atoms with Crippen molar-refractivity contribution in [3.05, 3.63) is 32.5 Å². The molecule has 0 unspecified atom stereocenters. The molecule has 0 saturated heterocycles. The van der Waals surface area contributed by atoms with Crippen molar-refractivity contribution in [3.8, 4) is 0 Å². The molecule has 2 aromatic rings. The molecule has 0 atom stereocenters. The van der Waals surface area contributed by atoms with Gasteiger partial charge in [-0.05, 0) is 28.1 Å². The van der Waals surface area contributed by atoms with Crippen molar-refractivity contribution < 1.29 is 4.42 Å². The van der Waals surface area contributed by atoms with Crippen molar-refractivity contribution in [2.45, 2.75) is 6.42 Å². The van der Waals surface area contributed by atoms with Gasteiger partial charge in [0.15, 0.2) is 0 Å². The van der Waals surface area contributed by atoms with E-state index >= 15 is 0 Å². The third-order valence-corrected chi connectivity index (χ3v) is 4.01. The van der Waals surface area contributed by atoms with Gasteiger partial charge >= 0.3 is 6.01 Å². The second-order valence-electron chi connectivity index (χ2n) is 3.29. The second kappa shape index (κ2) is 6.10. The van der Waals surface area contributed by atoms with E-state index in [1.54, 1.807) is 12.1 Å². The summed E-state index contributed by atoms with van der Waals surface area (Å²) in [7, 11) is 0. The third kappa shape index (κ3) is 3.09. The molecule has 1 aromatic heterocycles. The molecule has 0 bridgehead atoms. The van der Waals surface area contributed by atoms with Gasteiger partial charge in [-0.2, -0.15) is 0 Å². The van der Waals surface area contributed by atoms with Gasteiger partial charge in [-0.1, -0.05) is 28.3 Å². The molecule has 0 saturated carbocycles. The predicted octanol–water partition coefficient (Wildman–Crippen LogP) is 4.66. The summed E-state index contributed by atoms with van der Waals surface area (Å²) < 4.78 is 6.04. The fourth-order valence-corrected chi connectivity index (χ4v) is 2.21. The van der Waals surface area contributed by atoms with Gasteiger partial charge in [0.2, 0.25) is 5.89 Å². The number of aryl methyl sites for hydroxylation is 1. The number of hydrogen-bond donors (Lipinski definition) is 1. The van der Waals surface area contributed by atoms with E-state index in [2.05, 4.69) is 31.4 Å². The normalized spacial score (nSPS) is 10.7. The van der Waals surface area contributed by atoms with Crippen molar-refractivity contribution in [1.82, 2.24) is 10.2 Å². The Morgan fingerprint density at radius 2 is 2.00 bits per heavy atom. The van der Waals surface area contributed by atoms with Crippen LogP contribution in [-0.4, -0.2) is 16.1 Å². The number of halogens is 4. The first kappa shape index (κ1) is 13.9. The molecule has 1 N–H and O–H groups in total. The largest absolute Gasteiger partial charge is 0.408 e. The second-order valence-corrected chi connectivity index (χ2v) is 5.28. The molecule has 4 nitrogen and oxygen atoms in total. The molecule has 0 aliphatic carbocycles. The van der Waals surface area contributed by atoms with Crippen LogP contribution in [0.15, 0.2) is 21.0 Å². The number of nitrogens with zero attached hydrogens (tertiary/aromatic N) is 2. The summed E-state index contributed by atoms with van der Waals surface area (Å²) >= 11 is 20.9. The third-order valence-electron chi connectivity index (χ3n) is 2.05. The Labute approximate surface area is 127 Å². The molecular formula is C10H7BrCl3N3O. The lowest BCUT2D eigenvalue weighted by Crippen LogP contribution is -1.92. The zero-order valence-electron chi connectivity index (χ0n) is 8.88. The van der Waals surface area contributed by atoms with Crippen LogP contribution in [0, 0.1) is 0 Å². The Kier molecular flexibility index (Phi) is 4.72. The average molecular weight is 371 g/mol. The summed E-state index contributed by atoms with van der Waals surface area (Å²) in [4.78, 5) is 0. The molecule has 1 aromatic carbocycles. The van der Waals surface area contributed by atoms with E-state index in [4.69, 9.17) is 39.2 Å². The number of rotatable bonds is 4. The Morgan fingerprint density at radius 3 is 2.72 bits per heavy atom. The standard InChI is InChI=1S/C10H7BrCl3N3O/c11-5-1-2-6(9(14)8(5)13)15-10-17-16-7(18-10)3-4-12/h1-2H,3-4H2,(H,15,17). The summed E-state index contributed by atoms with van der Waals surface area (Å²) in [6.07, 6.45) is 0.519. The van der Waals surface area contributed by atoms with Gasteiger partial charge in [-0.3, -0.25) is 0 Å². The molecule has 0 aliphatic rings. The number of hydrogen-bond acceptors (Lipinski definition) is 4. The first-order valence-corrected chi connectivity index (χ1v) is 6.99. The van der Waals surface area contributed by atoms with Gasteiger partial charge in [-0.25, -0.2) is 0 Å². The maximum atomic E-state index is 6.08. The van der Waals surface area contributed by atoms with E-state index in [0.717, 1.165) is 0 Å². The van der Waals surface area contributed by atoms with Crippen molar-refractivity contribution in [2.75, 3.05) is 11.2 Å². The minimum atomic E-state index is 0.246. The fraction of sp³-hybridized carbons (Fsp3) is 0.200. The Bertz CT molecular complexity index is 561. The Morgan fingerprint density at radius 1 is 1.22 bits per heavy atom. The zero-order chi connectivity index (χ0) is 13.1. The summed E-state index contributed by atoms with van der Waals surface area (Å²) in [6, 6.07) is 3.77. The number of nitrogens with one attached hydrogen (secondary N) is 1. The van der Waals surface area contributed by atoms with Gasteiger partial charge < -0.3 is 9.73 Å². The summed E-state index contributed by atoms with van der Waals surface area (Å²) in [6.45, 7) is 0. The van der Waals surface area contributed by atoms with E-state index in [1.807, 2.05) is 0 Å². The van der Waals surface area contributed by atoms with Crippen LogP contribution in [0.3, 0.4) is 0 Å².